The summed E-state index contributed by atoms with van der Waals surface area (Å²) in [6.07, 6.45) is -7.47. The third-order valence-electron chi connectivity index (χ3n) is 1.83. The highest BCUT2D eigenvalue weighted by Gasteiger charge is 2.37. The monoisotopic (exact) mass is 242 g/mol. The quantitative estimate of drug-likeness (QED) is 0.811. The van der Waals surface area contributed by atoms with Gasteiger partial charge in [-0.3, -0.25) is 0 Å². The van der Waals surface area contributed by atoms with Crippen LogP contribution in [0.1, 0.15) is 17.7 Å². The zero-order valence-electron chi connectivity index (χ0n) is 7.98. The normalized spacial score (nSPS) is 11.9. The molecular formula is C8H7F5N2O. The maximum atomic E-state index is 12.5. The molecule has 0 aliphatic heterocycles. The minimum Gasteiger partial charge on any atom is -0.495 e. The van der Waals surface area contributed by atoms with Gasteiger partial charge in [0.25, 0.3) is 6.43 Å². The van der Waals surface area contributed by atoms with Crippen LogP contribution in [0.25, 0.3) is 0 Å². The van der Waals surface area contributed by atoms with Gasteiger partial charge in [0.2, 0.25) is 0 Å². The molecule has 0 fully saturated rings. The molecule has 2 N–H and O–H groups in total. The third-order valence-corrected chi connectivity index (χ3v) is 1.83. The average molecular weight is 242 g/mol. The lowest BCUT2D eigenvalue weighted by molar-refractivity contribution is -0.140. The first kappa shape index (κ1) is 12.5. The zero-order valence-corrected chi connectivity index (χ0v) is 7.98. The van der Waals surface area contributed by atoms with E-state index in [-0.39, 0.29) is 0 Å². The number of ether oxygens (including phenoxy) is 1. The number of aromatic nitrogens is 1. The van der Waals surface area contributed by atoms with E-state index in [1.165, 1.54) is 0 Å². The molecular weight excluding hydrogens is 235 g/mol. The van der Waals surface area contributed by atoms with Crippen molar-refractivity contribution >= 4 is 5.69 Å². The van der Waals surface area contributed by atoms with Crippen molar-refractivity contribution in [3.05, 3.63) is 17.5 Å². The van der Waals surface area contributed by atoms with Crippen LogP contribution in [0.15, 0.2) is 6.20 Å². The number of halogens is 5. The first-order chi connectivity index (χ1) is 7.29. The first-order valence-corrected chi connectivity index (χ1v) is 3.96. The Morgan fingerprint density at radius 1 is 1.38 bits per heavy atom. The molecule has 0 unspecified atom stereocenters. The van der Waals surface area contributed by atoms with Crippen molar-refractivity contribution in [2.75, 3.05) is 12.8 Å². The van der Waals surface area contributed by atoms with Gasteiger partial charge in [-0.2, -0.15) is 13.2 Å². The predicted octanol–water partition coefficient (Wildman–Crippen LogP) is 2.63. The second-order valence-corrected chi connectivity index (χ2v) is 2.80. The predicted molar refractivity (Wildman–Crippen MR) is 45.2 cm³/mol. The van der Waals surface area contributed by atoms with Gasteiger partial charge in [-0.05, 0) is 0 Å². The lowest BCUT2D eigenvalue weighted by Gasteiger charge is -2.14. The summed E-state index contributed by atoms with van der Waals surface area (Å²) in [6.45, 7) is 0. The highest BCUT2D eigenvalue weighted by molar-refractivity contribution is 5.58. The summed E-state index contributed by atoms with van der Waals surface area (Å²) in [4.78, 5) is 2.96. The highest BCUT2D eigenvalue weighted by atomic mass is 19.4. The first-order valence-electron chi connectivity index (χ1n) is 3.96. The smallest absolute Gasteiger partial charge is 0.435 e. The highest BCUT2D eigenvalue weighted by Crippen LogP contribution is 2.40. The lowest BCUT2D eigenvalue weighted by atomic mass is 10.1. The summed E-state index contributed by atoms with van der Waals surface area (Å²) in [5, 5.41) is 0. The van der Waals surface area contributed by atoms with Gasteiger partial charge in [-0.1, -0.05) is 0 Å². The molecule has 0 saturated carbocycles. The molecule has 90 valence electrons. The Hall–Kier alpha value is -1.60. The molecule has 8 heteroatoms. The van der Waals surface area contributed by atoms with E-state index in [0.717, 1.165) is 7.11 Å². The molecule has 1 aromatic heterocycles. The van der Waals surface area contributed by atoms with Crippen molar-refractivity contribution in [3.63, 3.8) is 0 Å². The van der Waals surface area contributed by atoms with Crippen LogP contribution in [-0.2, 0) is 6.18 Å². The Morgan fingerprint density at radius 2 is 1.94 bits per heavy atom. The Labute approximate surface area is 87.0 Å². The number of hydrogen-bond donors (Lipinski definition) is 1. The van der Waals surface area contributed by atoms with Crippen LogP contribution in [0.3, 0.4) is 0 Å². The maximum absolute atomic E-state index is 12.5. The summed E-state index contributed by atoms with van der Waals surface area (Å²) in [5.74, 6) is -0.472. The van der Waals surface area contributed by atoms with Gasteiger partial charge < -0.3 is 10.5 Å². The second kappa shape index (κ2) is 4.11. The number of alkyl halides is 5. The fraction of sp³-hybridized carbons (Fsp3) is 0.375. The van der Waals surface area contributed by atoms with Gasteiger partial charge in [0.1, 0.15) is 5.75 Å². The van der Waals surface area contributed by atoms with Crippen LogP contribution >= 0.6 is 0 Å². The van der Waals surface area contributed by atoms with E-state index in [9.17, 15) is 22.0 Å². The summed E-state index contributed by atoms with van der Waals surface area (Å²) >= 11 is 0. The van der Waals surface area contributed by atoms with Gasteiger partial charge in [0.15, 0.2) is 5.69 Å². The van der Waals surface area contributed by atoms with Crippen LogP contribution < -0.4 is 10.5 Å². The molecule has 0 spiro atoms. The summed E-state index contributed by atoms with van der Waals surface area (Å²) in [5.41, 5.74) is 1.36. The van der Waals surface area contributed by atoms with Crippen LogP contribution in [0.5, 0.6) is 5.75 Å². The molecule has 1 rings (SSSR count). The SMILES string of the molecule is COc1cnc(C(F)(F)F)c(N)c1C(F)F. The van der Waals surface area contributed by atoms with E-state index in [1.54, 1.807) is 0 Å². The van der Waals surface area contributed by atoms with Crippen molar-refractivity contribution in [3.8, 4) is 5.75 Å². The molecule has 0 saturated heterocycles. The van der Waals surface area contributed by atoms with Crippen molar-refractivity contribution < 1.29 is 26.7 Å². The number of pyridine rings is 1. The molecule has 0 atom stereocenters. The maximum Gasteiger partial charge on any atom is 0.435 e. The minimum atomic E-state index is -4.88. The molecule has 0 aliphatic rings. The van der Waals surface area contributed by atoms with E-state index in [4.69, 9.17) is 5.73 Å². The van der Waals surface area contributed by atoms with E-state index >= 15 is 0 Å². The van der Waals surface area contributed by atoms with E-state index in [0.29, 0.717) is 6.20 Å². The molecule has 0 radical (unpaired) electrons. The number of anilines is 1. The fourth-order valence-electron chi connectivity index (χ4n) is 1.14. The van der Waals surface area contributed by atoms with E-state index in [2.05, 4.69) is 9.72 Å². The van der Waals surface area contributed by atoms with Crippen molar-refractivity contribution in [1.82, 2.24) is 4.98 Å². The zero-order chi connectivity index (χ0) is 12.5. The molecule has 0 aliphatic carbocycles. The number of nitrogens with zero attached hydrogens (tertiary/aromatic N) is 1. The Kier molecular flexibility index (Phi) is 3.20. The Bertz CT molecular complexity index is 391. The molecule has 0 amide bonds. The molecule has 16 heavy (non-hydrogen) atoms. The second-order valence-electron chi connectivity index (χ2n) is 2.80. The van der Waals surface area contributed by atoms with Crippen molar-refractivity contribution in [2.45, 2.75) is 12.6 Å². The Morgan fingerprint density at radius 3 is 2.31 bits per heavy atom. The van der Waals surface area contributed by atoms with E-state index < -0.39 is 35.3 Å². The lowest BCUT2D eigenvalue weighted by Crippen LogP contribution is -2.14. The van der Waals surface area contributed by atoms with E-state index in [1.807, 2.05) is 0 Å². The minimum absolute atomic E-state index is 0.472. The molecule has 1 aromatic rings. The van der Waals surface area contributed by atoms with Crippen LogP contribution in [0, 0.1) is 0 Å². The van der Waals surface area contributed by atoms with Crippen LogP contribution in [-0.4, -0.2) is 12.1 Å². The molecule has 0 aromatic carbocycles. The van der Waals surface area contributed by atoms with Crippen molar-refractivity contribution in [2.24, 2.45) is 0 Å². The standard InChI is InChI=1S/C8H7F5N2O/c1-16-3-2-15-6(8(11,12)13)5(14)4(3)7(9)10/h2,7H,14H2,1H3. The fourth-order valence-corrected chi connectivity index (χ4v) is 1.14. The third kappa shape index (κ3) is 2.15. The van der Waals surface area contributed by atoms with Crippen LogP contribution in [0.4, 0.5) is 27.6 Å². The topological polar surface area (TPSA) is 48.1 Å². The summed E-state index contributed by atoms with van der Waals surface area (Å²) in [6, 6.07) is 0. The summed E-state index contributed by atoms with van der Waals surface area (Å²) in [7, 11) is 1.04. The molecule has 3 nitrogen and oxygen atoms in total. The largest absolute Gasteiger partial charge is 0.495 e. The van der Waals surface area contributed by atoms with Gasteiger partial charge in [0.05, 0.1) is 24.6 Å². The Balaban J connectivity index is 3.44. The van der Waals surface area contributed by atoms with Gasteiger partial charge >= 0.3 is 6.18 Å². The number of methoxy groups -OCH3 is 1. The number of nitrogens with two attached hydrogens (primary N) is 1. The van der Waals surface area contributed by atoms with Gasteiger partial charge in [0, 0.05) is 0 Å². The molecule has 1 heterocycles. The van der Waals surface area contributed by atoms with Gasteiger partial charge in [-0.15, -0.1) is 0 Å². The number of nitrogen functional groups attached to an aromatic ring is 1. The van der Waals surface area contributed by atoms with Crippen molar-refractivity contribution in [1.29, 1.82) is 0 Å². The number of rotatable bonds is 2. The van der Waals surface area contributed by atoms with Gasteiger partial charge in [-0.25, -0.2) is 13.8 Å². The average Bonchev–Trinajstić information content (AvgIpc) is 2.14. The summed E-state index contributed by atoms with van der Waals surface area (Å²) < 4.78 is 66.3. The number of hydrogen-bond acceptors (Lipinski definition) is 3. The van der Waals surface area contributed by atoms with Crippen LogP contribution in [0.2, 0.25) is 0 Å². The molecule has 0 bridgehead atoms.